The number of aromatic nitrogens is 1. The molecular formula is C45H32N2O. The fourth-order valence-electron chi connectivity index (χ4n) is 7.30. The largest absolute Gasteiger partial charge is 0.456 e. The number of furan rings is 1. The Kier molecular flexibility index (Phi) is 6.51. The fourth-order valence-corrected chi connectivity index (χ4v) is 7.30. The number of fused-ring (bicyclic) bond motifs is 9. The van der Waals surface area contributed by atoms with E-state index in [1.54, 1.807) is 0 Å². The minimum atomic E-state index is 0.862. The number of hydrogen-bond acceptors (Lipinski definition) is 2. The molecule has 0 amide bonds. The normalized spacial score (nSPS) is 12.4. The van der Waals surface area contributed by atoms with Crippen molar-refractivity contribution in [1.82, 2.24) is 4.57 Å². The van der Waals surface area contributed by atoms with Gasteiger partial charge in [0.15, 0.2) is 0 Å². The zero-order chi connectivity index (χ0) is 32.2. The number of anilines is 2. The summed E-state index contributed by atoms with van der Waals surface area (Å²) in [5.74, 6) is 0. The summed E-state index contributed by atoms with van der Waals surface area (Å²) in [6, 6.07) is 50.0. The molecule has 2 aromatic heterocycles. The van der Waals surface area contributed by atoms with E-state index >= 15 is 0 Å². The average molecular weight is 617 g/mol. The fraction of sp³-hybridized carbons (Fsp3) is 0.0222. The molecule has 3 heteroatoms. The van der Waals surface area contributed by atoms with Gasteiger partial charge in [-0.15, -0.1) is 0 Å². The Morgan fingerprint density at radius 3 is 2.19 bits per heavy atom. The van der Waals surface area contributed by atoms with Gasteiger partial charge >= 0.3 is 0 Å². The molecule has 7 aromatic carbocycles. The molecule has 228 valence electrons. The van der Waals surface area contributed by atoms with E-state index in [1.807, 2.05) is 25.1 Å². The number of benzene rings is 7. The van der Waals surface area contributed by atoms with Crippen molar-refractivity contribution in [3.63, 3.8) is 0 Å². The Morgan fingerprint density at radius 1 is 0.604 bits per heavy atom. The molecule has 0 spiro atoms. The third-order valence-corrected chi connectivity index (χ3v) is 9.38. The molecule has 0 aliphatic heterocycles. The van der Waals surface area contributed by atoms with E-state index in [0.717, 1.165) is 50.2 Å². The summed E-state index contributed by atoms with van der Waals surface area (Å²) in [6.45, 7) is 6.03. The molecule has 2 heterocycles. The van der Waals surface area contributed by atoms with Crippen molar-refractivity contribution in [2.24, 2.45) is 0 Å². The van der Waals surface area contributed by atoms with Crippen LogP contribution in [-0.2, 0) is 0 Å². The van der Waals surface area contributed by atoms with E-state index in [1.165, 1.54) is 37.8 Å². The van der Waals surface area contributed by atoms with E-state index < -0.39 is 0 Å². The highest BCUT2D eigenvalue weighted by Gasteiger charge is 2.20. The van der Waals surface area contributed by atoms with Gasteiger partial charge < -0.3 is 13.9 Å². The zero-order valence-corrected chi connectivity index (χ0v) is 26.6. The Balaban J connectivity index is 1.34. The Morgan fingerprint density at radius 2 is 1.35 bits per heavy atom. The number of hydrogen-bond donors (Lipinski definition) is 0. The van der Waals surface area contributed by atoms with Crippen LogP contribution in [0.5, 0.6) is 0 Å². The highest BCUT2D eigenvalue weighted by Crippen LogP contribution is 2.42. The van der Waals surface area contributed by atoms with Gasteiger partial charge in [0.25, 0.3) is 0 Å². The highest BCUT2D eigenvalue weighted by atomic mass is 16.3. The molecule has 0 saturated heterocycles. The summed E-state index contributed by atoms with van der Waals surface area (Å²) in [5, 5.41) is 9.55. The predicted molar refractivity (Wildman–Crippen MR) is 205 cm³/mol. The average Bonchev–Trinajstić information content (AvgIpc) is 3.65. The van der Waals surface area contributed by atoms with Gasteiger partial charge in [-0.1, -0.05) is 97.6 Å². The van der Waals surface area contributed by atoms with Gasteiger partial charge in [0, 0.05) is 50.4 Å². The van der Waals surface area contributed by atoms with Crippen LogP contribution in [0.25, 0.3) is 71.0 Å². The van der Waals surface area contributed by atoms with Crippen molar-refractivity contribution in [3.05, 3.63) is 176 Å². The van der Waals surface area contributed by atoms with Crippen molar-refractivity contribution < 1.29 is 4.42 Å². The first-order chi connectivity index (χ1) is 23.7. The van der Waals surface area contributed by atoms with Crippen LogP contribution in [0.3, 0.4) is 0 Å². The first-order valence-corrected chi connectivity index (χ1v) is 16.3. The maximum absolute atomic E-state index is 6.62. The van der Waals surface area contributed by atoms with Gasteiger partial charge in [-0.05, 0) is 95.2 Å². The van der Waals surface area contributed by atoms with Gasteiger partial charge in [0.1, 0.15) is 11.2 Å². The van der Waals surface area contributed by atoms with E-state index in [2.05, 4.69) is 162 Å². The van der Waals surface area contributed by atoms with Crippen LogP contribution in [-0.4, -0.2) is 4.57 Å². The lowest BCUT2D eigenvalue weighted by molar-refractivity contribution is 0.669. The van der Waals surface area contributed by atoms with Crippen molar-refractivity contribution in [2.75, 3.05) is 4.90 Å². The van der Waals surface area contributed by atoms with Crippen LogP contribution in [0, 0.1) is 0 Å². The van der Waals surface area contributed by atoms with Crippen LogP contribution in [0.2, 0.25) is 0 Å². The van der Waals surface area contributed by atoms with Gasteiger partial charge in [0.2, 0.25) is 0 Å². The highest BCUT2D eigenvalue weighted by molar-refractivity contribution is 6.24. The predicted octanol–water partition coefficient (Wildman–Crippen LogP) is 12.8. The van der Waals surface area contributed by atoms with Crippen LogP contribution in [0.1, 0.15) is 6.92 Å². The van der Waals surface area contributed by atoms with Crippen molar-refractivity contribution >= 4 is 76.7 Å². The molecule has 0 unspecified atom stereocenters. The number of para-hydroxylation sites is 1. The third kappa shape index (κ3) is 4.36. The molecule has 0 aliphatic rings. The molecule has 48 heavy (non-hydrogen) atoms. The van der Waals surface area contributed by atoms with Crippen LogP contribution in [0.4, 0.5) is 11.4 Å². The van der Waals surface area contributed by atoms with Crippen LogP contribution < -0.4 is 4.90 Å². The number of rotatable bonds is 6. The number of nitrogens with zero attached hydrogens (tertiary/aromatic N) is 2. The molecule has 3 nitrogen and oxygen atoms in total. The first kappa shape index (κ1) is 27.9. The van der Waals surface area contributed by atoms with Crippen LogP contribution >= 0.6 is 0 Å². The summed E-state index contributed by atoms with van der Waals surface area (Å²) in [6.07, 6.45) is 8.05. The standard InChI is InChI=1S/C45H32N2O/c1-3-12-33(13-4-2)46(34-17-6-5-7-18-34)36-23-25-43-38(27-36)39-28-40-42(29-44(39)48-43)47(35-22-20-30-14-8-9-16-32(30)26-35)41-24-21-31-15-10-11-19-37(31)45(40)41/h3-29H,1H2,2H3/b13-4-,33-12+. The number of allylic oxidation sites excluding steroid dienone is 4. The second-order valence-corrected chi connectivity index (χ2v) is 12.2. The molecule has 0 aliphatic carbocycles. The minimum Gasteiger partial charge on any atom is -0.456 e. The molecule has 9 rings (SSSR count). The lowest BCUT2D eigenvalue weighted by atomic mass is 10.0. The molecule has 0 radical (unpaired) electrons. The monoisotopic (exact) mass is 616 g/mol. The van der Waals surface area contributed by atoms with Crippen molar-refractivity contribution in [1.29, 1.82) is 0 Å². The molecule has 0 saturated carbocycles. The molecule has 0 atom stereocenters. The van der Waals surface area contributed by atoms with E-state index in [0.29, 0.717) is 0 Å². The van der Waals surface area contributed by atoms with E-state index in [9.17, 15) is 0 Å². The second kappa shape index (κ2) is 11.2. The lowest BCUT2D eigenvalue weighted by Gasteiger charge is -2.26. The zero-order valence-electron chi connectivity index (χ0n) is 26.6. The van der Waals surface area contributed by atoms with Crippen molar-refractivity contribution in [3.8, 4) is 5.69 Å². The summed E-state index contributed by atoms with van der Waals surface area (Å²) < 4.78 is 9.02. The Labute approximate surface area is 278 Å². The quantitative estimate of drug-likeness (QED) is 0.173. The minimum absolute atomic E-state index is 0.862. The molecule has 0 fully saturated rings. The third-order valence-electron chi connectivity index (χ3n) is 9.38. The topological polar surface area (TPSA) is 21.3 Å². The molecule has 9 aromatic rings. The molecule has 0 N–H and O–H groups in total. The Hall–Kier alpha value is -6.32. The first-order valence-electron chi connectivity index (χ1n) is 16.3. The maximum atomic E-state index is 6.62. The van der Waals surface area contributed by atoms with E-state index in [-0.39, 0.29) is 0 Å². The van der Waals surface area contributed by atoms with Crippen LogP contribution in [0.15, 0.2) is 181 Å². The van der Waals surface area contributed by atoms with Crippen molar-refractivity contribution in [2.45, 2.75) is 6.92 Å². The SMILES string of the molecule is C=C/C=C(\C=C/C)N(c1ccccc1)c1ccc2oc3cc4c(cc3c2c1)c1c2ccccc2ccc1n4-c1ccc2ccccc2c1. The van der Waals surface area contributed by atoms with Gasteiger partial charge in [0.05, 0.1) is 11.0 Å². The second-order valence-electron chi connectivity index (χ2n) is 12.2. The van der Waals surface area contributed by atoms with Gasteiger partial charge in [-0.2, -0.15) is 0 Å². The Bertz CT molecular complexity index is 2760. The summed E-state index contributed by atoms with van der Waals surface area (Å²) >= 11 is 0. The molecule has 0 bridgehead atoms. The maximum Gasteiger partial charge on any atom is 0.137 e. The lowest BCUT2D eigenvalue weighted by Crippen LogP contribution is -2.14. The summed E-state index contributed by atoms with van der Waals surface area (Å²) in [7, 11) is 0. The van der Waals surface area contributed by atoms with E-state index in [4.69, 9.17) is 4.42 Å². The molecular weight excluding hydrogens is 585 g/mol. The van der Waals surface area contributed by atoms with Gasteiger partial charge in [-0.25, -0.2) is 0 Å². The smallest absolute Gasteiger partial charge is 0.137 e. The summed E-state index contributed by atoms with van der Waals surface area (Å²) in [5.41, 5.74) is 8.31. The van der Waals surface area contributed by atoms with Gasteiger partial charge in [-0.3, -0.25) is 0 Å². The summed E-state index contributed by atoms with van der Waals surface area (Å²) in [4.78, 5) is 2.26.